The molecule has 2 aromatic heterocycles. The van der Waals surface area contributed by atoms with Crippen molar-refractivity contribution >= 4 is 33.4 Å². The van der Waals surface area contributed by atoms with Gasteiger partial charge in [0.25, 0.3) is 0 Å². The van der Waals surface area contributed by atoms with Gasteiger partial charge < -0.3 is 14.6 Å². The molecule has 2 aromatic rings. The first kappa shape index (κ1) is 15.6. The molecule has 2 heterocycles. The first-order valence-electron chi connectivity index (χ1n) is 6.86. The molecular weight excluding hydrogens is 288 g/mol. The topological polar surface area (TPSA) is 60.3 Å². The number of rotatable bonds is 4. The van der Waals surface area contributed by atoms with Crippen LogP contribution in [0.15, 0.2) is 17.5 Å². The van der Waals surface area contributed by atoms with Crippen LogP contribution in [0, 0.1) is 0 Å². The molecule has 1 N–H and O–H groups in total. The maximum atomic E-state index is 12.1. The summed E-state index contributed by atoms with van der Waals surface area (Å²) in [5.74, 6) is -0.525. The number of esters is 1. The summed E-state index contributed by atoms with van der Waals surface area (Å²) >= 11 is 1.51. The van der Waals surface area contributed by atoms with Gasteiger partial charge in [-0.15, -0.1) is 11.3 Å². The lowest BCUT2D eigenvalue weighted by Crippen LogP contribution is -2.42. The van der Waals surface area contributed by atoms with Gasteiger partial charge in [0.2, 0.25) is 5.91 Å². The van der Waals surface area contributed by atoms with Crippen molar-refractivity contribution in [1.82, 2.24) is 9.88 Å². The van der Waals surface area contributed by atoms with Crippen molar-refractivity contribution in [3.8, 4) is 0 Å². The predicted molar refractivity (Wildman–Crippen MR) is 83.7 cm³/mol. The first-order valence-corrected chi connectivity index (χ1v) is 7.74. The SMILES string of the molecule is CCOC(=O)c1cc2ccsc2n1CC(=O)NC(C)(C)C. The van der Waals surface area contributed by atoms with E-state index in [-0.39, 0.29) is 18.0 Å². The van der Waals surface area contributed by atoms with E-state index in [9.17, 15) is 9.59 Å². The van der Waals surface area contributed by atoms with Crippen LogP contribution in [0.4, 0.5) is 0 Å². The van der Waals surface area contributed by atoms with E-state index in [2.05, 4.69) is 5.32 Å². The number of hydrogen-bond acceptors (Lipinski definition) is 4. The number of hydrogen-bond donors (Lipinski definition) is 1. The van der Waals surface area contributed by atoms with Crippen molar-refractivity contribution in [2.24, 2.45) is 0 Å². The molecule has 0 aliphatic heterocycles. The number of amides is 1. The Kier molecular flexibility index (Phi) is 4.37. The molecule has 1 amide bonds. The molecule has 2 rings (SSSR count). The minimum atomic E-state index is -0.399. The zero-order valence-electron chi connectivity index (χ0n) is 12.7. The van der Waals surface area contributed by atoms with Crippen molar-refractivity contribution in [3.63, 3.8) is 0 Å². The highest BCUT2D eigenvalue weighted by Gasteiger charge is 2.21. The number of nitrogens with one attached hydrogen (secondary N) is 1. The molecule has 0 saturated heterocycles. The van der Waals surface area contributed by atoms with E-state index in [1.54, 1.807) is 17.6 Å². The maximum Gasteiger partial charge on any atom is 0.355 e. The highest BCUT2D eigenvalue weighted by molar-refractivity contribution is 7.16. The maximum absolute atomic E-state index is 12.1. The van der Waals surface area contributed by atoms with Crippen LogP contribution in [0.5, 0.6) is 0 Å². The summed E-state index contributed by atoms with van der Waals surface area (Å²) in [6.07, 6.45) is 0. The average Bonchev–Trinajstić information content (AvgIpc) is 2.89. The third-order valence-corrected chi connectivity index (χ3v) is 3.75. The summed E-state index contributed by atoms with van der Waals surface area (Å²) in [6.45, 7) is 7.95. The molecule has 0 aromatic carbocycles. The molecule has 114 valence electrons. The van der Waals surface area contributed by atoms with Crippen molar-refractivity contribution in [2.45, 2.75) is 39.8 Å². The second-order valence-corrected chi connectivity index (χ2v) is 6.71. The van der Waals surface area contributed by atoms with E-state index < -0.39 is 5.97 Å². The van der Waals surface area contributed by atoms with E-state index in [1.807, 2.05) is 32.2 Å². The Morgan fingerprint density at radius 2 is 2.10 bits per heavy atom. The van der Waals surface area contributed by atoms with E-state index in [4.69, 9.17) is 4.74 Å². The highest BCUT2D eigenvalue weighted by Crippen LogP contribution is 2.26. The Labute approximate surface area is 127 Å². The summed E-state index contributed by atoms with van der Waals surface area (Å²) in [5.41, 5.74) is 0.117. The zero-order chi connectivity index (χ0) is 15.6. The number of aromatic nitrogens is 1. The molecule has 21 heavy (non-hydrogen) atoms. The number of fused-ring (bicyclic) bond motifs is 1. The third-order valence-electron chi connectivity index (χ3n) is 2.80. The number of carbonyl (C=O) groups is 2. The smallest absolute Gasteiger partial charge is 0.355 e. The molecule has 0 fully saturated rings. The lowest BCUT2D eigenvalue weighted by Gasteiger charge is -2.21. The van der Waals surface area contributed by atoms with Crippen molar-refractivity contribution in [2.75, 3.05) is 6.61 Å². The van der Waals surface area contributed by atoms with Gasteiger partial charge in [0.15, 0.2) is 0 Å². The minimum absolute atomic E-state index is 0.107. The van der Waals surface area contributed by atoms with Crippen LogP contribution >= 0.6 is 11.3 Å². The molecule has 0 unspecified atom stereocenters. The lowest BCUT2D eigenvalue weighted by molar-refractivity contribution is -0.123. The molecule has 0 saturated carbocycles. The minimum Gasteiger partial charge on any atom is -0.461 e. The second kappa shape index (κ2) is 5.89. The van der Waals surface area contributed by atoms with Gasteiger partial charge in [-0.1, -0.05) is 0 Å². The number of carbonyl (C=O) groups excluding carboxylic acids is 2. The van der Waals surface area contributed by atoms with Gasteiger partial charge in [-0.05, 0) is 45.2 Å². The summed E-state index contributed by atoms with van der Waals surface area (Å²) < 4.78 is 6.78. The standard InChI is InChI=1S/C15H20N2O3S/c1-5-20-14(19)11-8-10-6-7-21-13(10)17(11)9-12(18)16-15(2,3)4/h6-8H,5,9H2,1-4H3,(H,16,18). The van der Waals surface area contributed by atoms with E-state index in [1.165, 1.54) is 11.3 Å². The molecule has 0 atom stereocenters. The average molecular weight is 308 g/mol. The number of thiophene rings is 1. The normalized spacial score (nSPS) is 11.6. The molecule has 0 aliphatic carbocycles. The fourth-order valence-corrected chi connectivity index (χ4v) is 3.00. The largest absolute Gasteiger partial charge is 0.461 e. The number of nitrogens with zero attached hydrogens (tertiary/aromatic N) is 1. The Balaban J connectivity index is 2.32. The van der Waals surface area contributed by atoms with E-state index in [0.717, 1.165) is 10.2 Å². The highest BCUT2D eigenvalue weighted by atomic mass is 32.1. The molecule has 5 nitrogen and oxygen atoms in total. The van der Waals surface area contributed by atoms with Crippen LogP contribution in [0.1, 0.15) is 38.2 Å². The molecule has 0 spiro atoms. The van der Waals surface area contributed by atoms with Crippen LogP contribution in [0.25, 0.3) is 10.2 Å². The first-order chi connectivity index (χ1) is 9.81. The van der Waals surface area contributed by atoms with Crippen LogP contribution in [0.3, 0.4) is 0 Å². The zero-order valence-corrected chi connectivity index (χ0v) is 13.5. The molecule has 6 heteroatoms. The van der Waals surface area contributed by atoms with Gasteiger partial charge in [-0.25, -0.2) is 4.79 Å². The van der Waals surface area contributed by atoms with Crippen LogP contribution < -0.4 is 5.32 Å². The molecule has 0 radical (unpaired) electrons. The summed E-state index contributed by atoms with van der Waals surface area (Å²) in [6, 6.07) is 3.70. The van der Waals surface area contributed by atoms with Crippen LogP contribution in [-0.4, -0.2) is 28.6 Å². The Morgan fingerprint density at radius 1 is 1.38 bits per heavy atom. The number of ether oxygens (including phenoxy) is 1. The summed E-state index contributed by atoms with van der Waals surface area (Å²) in [5, 5.41) is 5.80. The Hall–Kier alpha value is -1.82. The van der Waals surface area contributed by atoms with Crippen LogP contribution in [-0.2, 0) is 16.1 Å². The van der Waals surface area contributed by atoms with Crippen molar-refractivity contribution in [1.29, 1.82) is 0 Å². The Bertz CT molecular complexity index is 664. The summed E-state index contributed by atoms with van der Waals surface area (Å²) in [7, 11) is 0. The molecular formula is C15H20N2O3S. The van der Waals surface area contributed by atoms with Gasteiger partial charge in [0.05, 0.1) is 6.61 Å². The van der Waals surface area contributed by atoms with Gasteiger partial charge in [0.1, 0.15) is 17.1 Å². The van der Waals surface area contributed by atoms with E-state index >= 15 is 0 Å². The summed E-state index contributed by atoms with van der Waals surface area (Å²) in [4.78, 5) is 25.1. The van der Waals surface area contributed by atoms with Gasteiger partial charge in [0, 0.05) is 10.9 Å². The van der Waals surface area contributed by atoms with E-state index in [0.29, 0.717) is 12.3 Å². The second-order valence-electron chi connectivity index (χ2n) is 5.82. The van der Waals surface area contributed by atoms with Gasteiger partial charge >= 0.3 is 5.97 Å². The lowest BCUT2D eigenvalue weighted by atomic mass is 10.1. The fraction of sp³-hybridized carbons (Fsp3) is 0.467. The van der Waals surface area contributed by atoms with Crippen molar-refractivity contribution < 1.29 is 14.3 Å². The van der Waals surface area contributed by atoms with Gasteiger partial charge in [-0.3, -0.25) is 4.79 Å². The van der Waals surface area contributed by atoms with Crippen LogP contribution in [0.2, 0.25) is 0 Å². The Morgan fingerprint density at radius 3 is 2.71 bits per heavy atom. The monoisotopic (exact) mass is 308 g/mol. The fourth-order valence-electron chi connectivity index (χ4n) is 2.11. The third kappa shape index (κ3) is 3.64. The van der Waals surface area contributed by atoms with Crippen molar-refractivity contribution in [3.05, 3.63) is 23.2 Å². The predicted octanol–water partition coefficient (Wildman–Crippen LogP) is 2.79. The molecule has 0 bridgehead atoms. The van der Waals surface area contributed by atoms with Gasteiger partial charge in [-0.2, -0.15) is 0 Å². The quantitative estimate of drug-likeness (QED) is 0.884. The molecule has 0 aliphatic rings.